The van der Waals surface area contributed by atoms with E-state index >= 15 is 0 Å². The van der Waals surface area contributed by atoms with Gasteiger partial charge in [-0.05, 0) is 59.4 Å². The van der Waals surface area contributed by atoms with Crippen LogP contribution in [-0.2, 0) is 15.1 Å². The van der Waals surface area contributed by atoms with E-state index in [2.05, 4.69) is 5.32 Å². The van der Waals surface area contributed by atoms with Crippen LogP contribution in [0.5, 0.6) is 5.75 Å². The topological polar surface area (TPSA) is 85.2 Å². The average molecular weight is 429 g/mol. The molecule has 2 atom stereocenters. The molecule has 0 bridgehead atoms. The Bertz CT molecular complexity index is 1020. The number of amides is 2. The average Bonchev–Trinajstić information content (AvgIpc) is 3.00. The highest BCUT2D eigenvalue weighted by atomic mass is 16.6. The van der Waals surface area contributed by atoms with Gasteiger partial charge in [-0.15, -0.1) is 0 Å². The molecule has 168 valence electrons. The number of carbonyl (C=O) groups is 2. The number of nitrogens with zero attached hydrogens (tertiary/aromatic N) is 3. The van der Waals surface area contributed by atoms with E-state index in [-0.39, 0.29) is 29.8 Å². The number of hydrogen-bond acceptors (Lipinski definition) is 5. The van der Waals surface area contributed by atoms with Crippen LogP contribution >= 0.6 is 0 Å². The number of imidazole rings is 1. The third-order valence-corrected chi connectivity index (χ3v) is 6.18. The number of fused-ring (bicyclic) bond motifs is 2. The minimum Gasteiger partial charge on any atom is -0.497 e. The third kappa shape index (κ3) is 3.95. The first-order valence-electron chi connectivity index (χ1n) is 10.7. The molecule has 1 aliphatic heterocycles. The quantitative estimate of drug-likeness (QED) is 0.809. The number of pyridine rings is 1. The fraction of sp³-hybridized carbons (Fsp3) is 0.609. The molecule has 0 radical (unpaired) electrons. The lowest BCUT2D eigenvalue weighted by Gasteiger charge is -2.27. The molecule has 4 rings (SSSR count). The first-order valence-corrected chi connectivity index (χ1v) is 10.7. The molecule has 31 heavy (non-hydrogen) atoms. The van der Waals surface area contributed by atoms with Gasteiger partial charge in [0, 0.05) is 31.3 Å². The number of rotatable bonds is 4. The number of hydrogen-bond donors (Lipinski definition) is 1. The Labute approximate surface area is 182 Å². The maximum absolute atomic E-state index is 13.1. The summed E-state index contributed by atoms with van der Waals surface area (Å²) in [5.74, 6) is 1.90. The molecule has 2 aromatic rings. The van der Waals surface area contributed by atoms with E-state index in [9.17, 15) is 9.59 Å². The molecule has 2 unspecified atom stereocenters. The van der Waals surface area contributed by atoms with E-state index in [0.717, 1.165) is 22.8 Å². The summed E-state index contributed by atoms with van der Waals surface area (Å²) in [6.07, 6.45) is 1.62. The number of likely N-dealkylation sites (tertiary alicyclic amines) is 1. The van der Waals surface area contributed by atoms with Gasteiger partial charge in [0.25, 0.3) is 0 Å². The molecular weight excluding hydrogens is 396 g/mol. The van der Waals surface area contributed by atoms with Crippen molar-refractivity contribution >= 4 is 17.5 Å². The van der Waals surface area contributed by atoms with Crippen molar-refractivity contribution in [2.75, 3.05) is 20.2 Å². The first kappa shape index (κ1) is 21.5. The summed E-state index contributed by atoms with van der Waals surface area (Å²) in [4.78, 5) is 31.8. The highest BCUT2D eigenvalue weighted by Crippen LogP contribution is 2.52. The molecule has 1 saturated carbocycles. The second-order valence-corrected chi connectivity index (χ2v) is 10.2. The maximum Gasteiger partial charge on any atom is 0.410 e. The minimum atomic E-state index is -0.648. The Morgan fingerprint density at radius 2 is 1.81 bits per heavy atom. The SMILES string of the molecule is COc1ccn2c(C(C)(C)NC(=O)C3C4CN(C(=O)OC(C)(C)C)CC43)nc(C)c2c1. The Morgan fingerprint density at radius 1 is 1.16 bits per heavy atom. The molecule has 2 amide bonds. The second-order valence-electron chi connectivity index (χ2n) is 10.2. The molecular formula is C23H32N4O4. The fourth-order valence-electron chi connectivity index (χ4n) is 4.62. The standard InChI is InChI=1S/C23H32N4O4/c1-13-17-10-14(30-7)8-9-27(17)20(24-13)23(5,6)25-19(28)18-15-11-26(12-16(15)18)21(29)31-22(2,3)4/h8-10,15-16,18H,11-12H2,1-7H3,(H,25,28). The number of aryl methyl sites for hydroxylation is 1. The van der Waals surface area contributed by atoms with Crippen LogP contribution in [0.4, 0.5) is 4.79 Å². The monoisotopic (exact) mass is 428 g/mol. The summed E-state index contributed by atoms with van der Waals surface area (Å²) in [7, 11) is 1.64. The van der Waals surface area contributed by atoms with Gasteiger partial charge < -0.3 is 24.1 Å². The maximum atomic E-state index is 13.1. The van der Waals surface area contributed by atoms with Gasteiger partial charge in [0.05, 0.1) is 23.9 Å². The number of piperidine rings is 1. The van der Waals surface area contributed by atoms with E-state index in [1.54, 1.807) is 12.0 Å². The molecule has 0 spiro atoms. The zero-order chi connectivity index (χ0) is 22.7. The number of methoxy groups -OCH3 is 1. The van der Waals surface area contributed by atoms with Crippen LogP contribution in [0, 0.1) is 24.7 Å². The Kier molecular flexibility index (Phi) is 4.94. The normalized spacial score (nSPS) is 22.9. The number of aromatic nitrogens is 2. The van der Waals surface area contributed by atoms with Crippen molar-refractivity contribution in [3.05, 3.63) is 29.8 Å². The Hall–Kier alpha value is -2.77. The van der Waals surface area contributed by atoms with Gasteiger partial charge in [0.15, 0.2) is 0 Å². The number of ether oxygens (including phenoxy) is 2. The van der Waals surface area contributed by atoms with Gasteiger partial charge in [-0.2, -0.15) is 0 Å². The largest absolute Gasteiger partial charge is 0.497 e. The van der Waals surface area contributed by atoms with Crippen molar-refractivity contribution in [2.24, 2.45) is 17.8 Å². The van der Waals surface area contributed by atoms with Crippen molar-refractivity contribution in [1.29, 1.82) is 0 Å². The summed E-state index contributed by atoms with van der Waals surface area (Å²) in [6, 6.07) is 3.83. The Morgan fingerprint density at radius 3 is 2.39 bits per heavy atom. The van der Waals surface area contributed by atoms with Crippen molar-refractivity contribution in [3.63, 3.8) is 0 Å². The summed E-state index contributed by atoms with van der Waals surface area (Å²) < 4.78 is 12.8. The zero-order valence-electron chi connectivity index (χ0n) is 19.4. The van der Waals surface area contributed by atoms with Crippen LogP contribution in [0.15, 0.2) is 18.3 Å². The van der Waals surface area contributed by atoms with Crippen molar-refractivity contribution in [2.45, 2.75) is 52.7 Å². The number of nitrogens with one attached hydrogen (secondary N) is 1. The van der Waals surface area contributed by atoms with E-state index in [1.165, 1.54) is 0 Å². The van der Waals surface area contributed by atoms with E-state index in [0.29, 0.717) is 13.1 Å². The highest BCUT2D eigenvalue weighted by Gasteiger charge is 2.61. The summed E-state index contributed by atoms with van der Waals surface area (Å²) in [5.41, 5.74) is 0.671. The molecule has 8 heteroatoms. The molecule has 2 aliphatic rings. The molecule has 2 aromatic heterocycles. The van der Waals surface area contributed by atoms with E-state index in [4.69, 9.17) is 14.5 Å². The summed E-state index contributed by atoms with van der Waals surface area (Å²) in [5, 5.41) is 3.19. The Balaban J connectivity index is 1.42. The molecule has 3 heterocycles. The van der Waals surface area contributed by atoms with Gasteiger partial charge in [-0.3, -0.25) is 4.79 Å². The van der Waals surface area contributed by atoms with Crippen LogP contribution in [0.2, 0.25) is 0 Å². The van der Waals surface area contributed by atoms with Gasteiger partial charge in [0.1, 0.15) is 17.2 Å². The second kappa shape index (κ2) is 7.14. The zero-order valence-corrected chi connectivity index (χ0v) is 19.4. The summed E-state index contributed by atoms with van der Waals surface area (Å²) in [6.45, 7) is 12.6. The van der Waals surface area contributed by atoms with Crippen LogP contribution < -0.4 is 10.1 Å². The molecule has 1 N–H and O–H groups in total. The van der Waals surface area contributed by atoms with Gasteiger partial charge in [-0.25, -0.2) is 9.78 Å². The van der Waals surface area contributed by atoms with Crippen LogP contribution in [0.25, 0.3) is 5.52 Å². The fourth-order valence-corrected chi connectivity index (χ4v) is 4.62. The predicted molar refractivity (Wildman–Crippen MR) is 116 cm³/mol. The predicted octanol–water partition coefficient (Wildman–Crippen LogP) is 3.12. The lowest BCUT2D eigenvalue weighted by molar-refractivity contribution is -0.125. The highest BCUT2D eigenvalue weighted by molar-refractivity contribution is 5.84. The smallest absolute Gasteiger partial charge is 0.410 e. The van der Waals surface area contributed by atoms with Gasteiger partial charge in [0.2, 0.25) is 5.91 Å². The molecule has 1 aliphatic carbocycles. The third-order valence-electron chi connectivity index (χ3n) is 6.18. The van der Waals surface area contributed by atoms with Crippen molar-refractivity contribution in [1.82, 2.24) is 19.6 Å². The lowest BCUT2D eigenvalue weighted by atomic mass is 10.0. The molecule has 8 nitrogen and oxygen atoms in total. The molecule has 2 fully saturated rings. The molecule has 1 saturated heterocycles. The van der Waals surface area contributed by atoms with E-state index in [1.807, 2.05) is 64.3 Å². The summed E-state index contributed by atoms with van der Waals surface area (Å²) >= 11 is 0. The lowest BCUT2D eigenvalue weighted by Crippen LogP contribution is -2.45. The number of carbonyl (C=O) groups excluding carboxylic acids is 2. The van der Waals surface area contributed by atoms with Crippen LogP contribution in [0.3, 0.4) is 0 Å². The first-order chi connectivity index (χ1) is 14.4. The van der Waals surface area contributed by atoms with E-state index < -0.39 is 11.1 Å². The minimum absolute atomic E-state index is 0.0201. The van der Waals surface area contributed by atoms with Crippen LogP contribution in [-0.4, -0.2) is 52.1 Å². The van der Waals surface area contributed by atoms with Gasteiger partial charge in [-0.1, -0.05) is 0 Å². The van der Waals surface area contributed by atoms with Crippen molar-refractivity contribution in [3.8, 4) is 5.75 Å². The van der Waals surface area contributed by atoms with Crippen molar-refractivity contribution < 1.29 is 19.1 Å². The van der Waals surface area contributed by atoms with Gasteiger partial charge >= 0.3 is 6.09 Å². The van der Waals surface area contributed by atoms with Crippen LogP contribution in [0.1, 0.15) is 46.1 Å². The molecule has 0 aromatic carbocycles.